The van der Waals surface area contributed by atoms with Crippen molar-refractivity contribution in [1.82, 2.24) is 9.88 Å². The molecule has 134 valence electrons. The minimum absolute atomic E-state index is 0.0561. The Balaban J connectivity index is 1.48. The van der Waals surface area contributed by atoms with Crippen LogP contribution in [0.3, 0.4) is 0 Å². The Bertz CT molecular complexity index is 974. The Morgan fingerprint density at radius 3 is 2.42 bits per heavy atom. The van der Waals surface area contributed by atoms with Crippen LogP contribution >= 0.6 is 34.8 Å². The summed E-state index contributed by atoms with van der Waals surface area (Å²) in [5, 5.41) is 2.82. The lowest BCUT2D eigenvalue weighted by atomic mass is 9.93. The molecule has 0 spiro atoms. The first kappa shape index (κ1) is 17.7. The monoisotopic (exact) mass is 406 g/mol. The zero-order valence-corrected chi connectivity index (χ0v) is 16.2. The van der Waals surface area contributed by atoms with Crippen LogP contribution in [0.1, 0.15) is 34.8 Å². The molecule has 0 aliphatic carbocycles. The maximum absolute atomic E-state index is 12.8. The van der Waals surface area contributed by atoms with Crippen molar-refractivity contribution in [2.75, 3.05) is 13.1 Å². The third-order valence-corrected chi connectivity index (χ3v) is 5.78. The SMILES string of the molecule is O=C(c1cc(Cl)ccc1Cl)N1CCC(c2cc3cc(Cl)ccc3[nH]2)CC1. The minimum atomic E-state index is -0.0561. The topological polar surface area (TPSA) is 36.1 Å². The number of halogens is 3. The third kappa shape index (κ3) is 3.44. The fraction of sp³-hybridized carbons (Fsp3) is 0.250. The molecule has 1 N–H and O–H groups in total. The van der Waals surface area contributed by atoms with E-state index in [4.69, 9.17) is 34.8 Å². The number of fused-ring (bicyclic) bond motifs is 1. The fourth-order valence-electron chi connectivity index (χ4n) is 3.57. The van der Waals surface area contributed by atoms with Crippen molar-refractivity contribution >= 4 is 51.6 Å². The van der Waals surface area contributed by atoms with E-state index in [9.17, 15) is 4.79 Å². The number of nitrogens with zero attached hydrogens (tertiary/aromatic N) is 1. The molecule has 0 atom stereocenters. The van der Waals surface area contributed by atoms with Gasteiger partial charge in [0.1, 0.15) is 0 Å². The normalized spacial score (nSPS) is 15.6. The molecule has 0 bridgehead atoms. The van der Waals surface area contributed by atoms with Gasteiger partial charge in [0.15, 0.2) is 0 Å². The van der Waals surface area contributed by atoms with Gasteiger partial charge >= 0.3 is 0 Å². The van der Waals surface area contributed by atoms with Crippen molar-refractivity contribution in [2.45, 2.75) is 18.8 Å². The molecule has 3 aromatic rings. The molecule has 1 saturated heterocycles. The molecule has 26 heavy (non-hydrogen) atoms. The summed E-state index contributed by atoms with van der Waals surface area (Å²) >= 11 is 18.3. The van der Waals surface area contributed by atoms with E-state index < -0.39 is 0 Å². The number of piperidine rings is 1. The average Bonchev–Trinajstić information content (AvgIpc) is 3.06. The van der Waals surface area contributed by atoms with Gasteiger partial charge in [-0.3, -0.25) is 4.79 Å². The van der Waals surface area contributed by atoms with Gasteiger partial charge in [-0.05, 0) is 55.3 Å². The van der Waals surface area contributed by atoms with Gasteiger partial charge in [0, 0.05) is 45.6 Å². The number of carbonyl (C=O) groups excluding carboxylic acids is 1. The van der Waals surface area contributed by atoms with Crippen LogP contribution in [-0.2, 0) is 0 Å². The van der Waals surface area contributed by atoms with Gasteiger partial charge in [0.25, 0.3) is 5.91 Å². The van der Waals surface area contributed by atoms with Crippen molar-refractivity contribution in [2.24, 2.45) is 0 Å². The Kier molecular flexibility index (Phi) is 4.87. The summed E-state index contributed by atoms with van der Waals surface area (Å²) in [5.41, 5.74) is 2.77. The number of aromatic nitrogens is 1. The van der Waals surface area contributed by atoms with Crippen LogP contribution in [0.15, 0.2) is 42.5 Å². The zero-order valence-electron chi connectivity index (χ0n) is 13.9. The summed E-state index contributed by atoms with van der Waals surface area (Å²) in [7, 11) is 0. The molecule has 2 aromatic carbocycles. The number of amides is 1. The molecule has 0 unspecified atom stereocenters. The molecule has 4 rings (SSSR count). The Morgan fingerprint density at radius 2 is 1.65 bits per heavy atom. The number of rotatable bonds is 2. The maximum atomic E-state index is 12.8. The van der Waals surface area contributed by atoms with Crippen LogP contribution in [0.4, 0.5) is 0 Å². The van der Waals surface area contributed by atoms with Gasteiger partial charge < -0.3 is 9.88 Å². The van der Waals surface area contributed by atoms with E-state index in [1.807, 2.05) is 23.1 Å². The molecule has 0 radical (unpaired) electrons. The van der Waals surface area contributed by atoms with Crippen LogP contribution in [0.2, 0.25) is 15.1 Å². The first-order valence-corrected chi connectivity index (χ1v) is 9.67. The average molecular weight is 408 g/mol. The quantitative estimate of drug-likeness (QED) is 0.543. The summed E-state index contributed by atoms with van der Waals surface area (Å²) in [4.78, 5) is 18.1. The number of H-pyrrole nitrogens is 1. The summed E-state index contributed by atoms with van der Waals surface area (Å²) < 4.78 is 0. The van der Waals surface area contributed by atoms with Crippen molar-refractivity contribution in [1.29, 1.82) is 0 Å². The van der Waals surface area contributed by atoms with E-state index in [-0.39, 0.29) is 5.91 Å². The van der Waals surface area contributed by atoms with Gasteiger partial charge in [-0.2, -0.15) is 0 Å². The Morgan fingerprint density at radius 1 is 0.962 bits per heavy atom. The lowest BCUT2D eigenvalue weighted by molar-refractivity contribution is 0.0712. The van der Waals surface area contributed by atoms with Gasteiger partial charge in [-0.15, -0.1) is 0 Å². The van der Waals surface area contributed by atoms with Crippen molar-refractivity contribution in [3.63, 3.8) is 0 Å². The zero-order chi connectivity index (χ0) is 18.3. The number of benzene rings is 2. The van der Waals surface area contributed by atoms with E-state index >= 15 is 0 Å². The summed E-state index contributed by atoms with van der Waals surface area (Å²) in [6.07, 6.45) is 1.81. The fourth-order valence-corrected chi connectivity index (χ4v) is 4.12. The smallest absolute Gasteiger partial charge is 0.255 e. The predicted octanol–water partition coefficient (Wildman–Crippen LogP) is 6.15. The Labute approximate surface area is 166 Å². The highest BCUT2D eigenvalue weighted by molar-refractivity contribution is 6.35. The lowest BCUT2D eigenvalue weighted by Crippen LogP contribution is -2.38. The molecule has 0 saturated carbocycles. The third-order valence-electron chi connectivity index (χ3n) is 4.98. The summed E-state index contributed by atoms with van der Waals surface area (Å²) in [6.45, 7) is 1.39. The van der Waals surface area contributed by atoms with Gasteiger partial charge in [0.2, 0.25) is 0 Å². The highest BCUT2D eigenvalue weighted by Crippen LogP contribution is 2.32. The second kappa shape index (κ2) is 7.15. The molecule has 6 heteroatoms. The molecule has 1 aliphatic rings. The number of hydrogen-bond donors (Lipinski definition) is 1. The molecular weight excluding hydrogens is 391 g/mol. The first-order valence-electron chi connectivity index (χ1n) is 8.54. The number of carbonyl (C=O) groups is 1. The number of likely N-dealkylation sites (tertiary alicyclic amines) is 1. The number of aromatic amines is 1. The van der Waals surface area contributed by atoms with E-state index in [1.165, 1.54) is 5.69 Å². The van der Waals surface area contributed by atoms with Crippen LogP contribution in [-0.4, -0.2) is 28.9 Å². The Hall–Kier alpha value is -1.68. The van der Waals surface area contributed by atoms with Crippen LogP contribution in [0, 0.1) is 0 Å². The van der Waals surface area contributed by atoms with Gasteiger partial charge in [-0.25, -0.2) is 0 Å². The highest BCUT2D eigenvalue weighted by Gasteiger charge is 2.26. The van der Waals surface area contributed by atoms with Crippen LogP contribution in [0.25, 0.3) is 10.9 Å². The second-order valence-electron chi connectivity index (χ2n) is 6.65. The summed E-state index contributed by atoms with van der Waals surface area (Å²) in [5.74, 6) is 0.347. The van der Waals surface area contributed by atoms with E-state index in [0.717, 1.165) is 28.8 Å². The van der Waals surface area contributed by atoms with Crippen molar-refractivity contribution < 1.29 is 4.79 Å². The van der Waals surface area contributed by atoms with Crippen LogP contribution in [0.5, 0.6) is 0 Å². The maximum Gasteiger partial charge on any atom is 0.255 e. The predicted molar refractivity (Wildman–Crippen MR) is 108 cm³/mol. The summed E-state index contributed by atoms with van der Waals surface area (Å²) in [6, 6.07) is 13.0. The van der Waals surface area contributed by atoms with E-state index in [2.05, 4.69) is 11.1 Å². The molecule has 1 aromatic heterocycles. The largest absolute Gasteiger partial charge is 0.358 e. The van der Waals surface area contributed by atoms with Crippen molar-refractivity contribution in [3.05, 3.63) is 68.8 Å². The highest BCUT2D eigenvalue weighted by atomic mass is 35.5. The van der Waals surface area contributed by atoms with Crippen molar-refractivity contribution in [3.8, 4) is 0 Å². The molecule has 2 heterocycles. The molecule has 1 amide bonds. The molecular formula is C20H17Cl3N2O. The molecule has 3 nitrogen and oxygen atoms in total. The first-order chi connectivity index (χ1) is 12.5. The van der Waals surface area contributed by atoms with Crippen LogP contribution < -0.4 is 0 Å². The number of hydrogen-bond acceptors (Lipinski definition) is 1. The van der Waals surface area contributed by atoms with E-state index in [1.54, 1.807) is 18.2 Å². The standard InChI is InChI=1S/C20H17Cl3N2O/c21-14-2-4-18-13(9-14)10-19(24-18)12-5-7-25(8-6-12)20(26)16-11-15(22)1-3-17(16)23/h1-4,9-12,24H,5-8H2. The van der Waals surface area contributed by atoms with Gasteiger partial charge in [-0.1, -0.05) is 34.8 Å². The van der Waals surface area contributed by atoms with E-state index in [0.29, 0.717) is 34.6 Å². The minimum Gasteiger partial charge on any atom is -0.358 e. The molecule has 1 aliphatic heterocycles. The van der Waals surface area contributed by atoms with Gasteiger partial charge in [0.05, 0.1) is 10.6 Å². The molecule has 1 fully saturated rings. The number of nitrogens with one attached hydrogen (secondary N) is 1. The lowest BCUT2D eigenvalue weighted by Gasteiger charge is -2.32. The second-order valence-corrected chi connectivity index (χ2v) is 7.93.